The quantitative estimate of drug-likeness (QED) is 0.827. The van der Waals surface area contributed by atoms with Crippen LogP contribution in [0.2, 0.25) is 0 Å². The number of hydrogen-bond acceptors (Lipinski definition) is 4. The van der Waals surface area contributed by atoms with Crippen molar-refractivity contribution in [3.63, 3.8) is 0 Å². The minimum Gasteiger partial charge on any atom is -0.467 e. The SMILES string of the molecule is CC.CC.COC(=O)[C@H](CN)NC(=O)c1ccccc1. The van der Waals surface area contributed by atoms with Crippen molar-refractivity contribution in [2.45, 2.75) is 33.7 Å². The fraction of sp³-hybridized carbons (Fsp3) is 0.467. The third-order valence-electron chi connectivity index (χ3n) is 2.06. The van der Waals surface area contributed by atoms with E-state index in [9.17, 15) is 9.59 Å². The Balaban J connectivity index is 0. The van der Waals surface area contributed by atoms with Crippen molar-refractivity contribution in [2.75, 3.05) is 13.7 Å². The van der Waals surface area contributed by atoms with Crippen molar-refractivity contribution in [3.05, 3.63) is 35.9 Å². The van der Waals surface area contributed by atoms with Crippen molar-refractivity contribution < 1.29 is 14.3 Å². The Morgan fingerprint density at radius 1 is 1.15 bits per heavy atom. The molecule has 0 heterocycles. The predicted octanol–water partition coefficient (Wildman–Crippen LogP) is 1.97. The maximum absolute atomic E-state index is 11.7. The van der Waals surface area contributed by atoms with Gasteiger partial charge in [-0.2, -0.15) is 0 Å². The molecule has 0 radical (unpaired) electrons. The number of hydrogen-bond donors (Lipinski definition) is 2. The zero-order chi connectivity index (χ0) is 16.0. The number of benzene rings is 1. The number of nitrogens with one attached hydrogen (secondary N) is 1. The van der Waals surface area contributed by atoms with Crippen LogP contribution in [-0.2, 0) is 9.53 Å². The van der Waals surface area contributed by atoms with E-state index in [4.69, 9.17) is 5.73 Å². The number of nitrogens with two attached hydrogens (primary N) is 1. The summed E-state index contributed by atoms with van der Waals surface area (Å²) < 4.78 is 4.51. The van der Waals surface area contributed by atoms with Gasteiger partial charge in [0, 0.05) is 12.1 Å². The molecule has 1 aromatic rings. The summed E-state index contributed by atoms with van der Waals surface area (Å²) in [5, 5.41) is 2.50. The van der Waals surface area contributed by atoms with Crippen molar-refractivity contribution in [1.82, 2.24) is 5.32 Å². The van der Waals surface area contributed by atoms with E-state index in [1.807, 2.05) is 27.7 Å². The highest BCUT2D eigenvalue weighted by Gasteiger charge is 2.19. The molecule has 20 heavy (non-hydrogen) atoms. The van der Waals surface area contributed by atoms with Crippen molar-refractivity contribution in [2.24, 2.45) is 5.73 Å². The van der Waals surface area contributed by atoms with Gasteiger partial charge in [-0.25, -0.2) is 4.79 Å². The molecular formula is C15H26N2O3. The highest BCUT2D eigenvalue weighted by molar-refractivity contribution is 5.96. The van der Waals surface area contributed by atoms with Crippen LogP contribution < -0.4 is 11.1 Å². The van der Waals surface area contributed by atoms with Crippen LogP contribution in [0, 0.1) is 0 Å². The molecule has 0 unspecified atom stereocenters. The van der Waals surface area contributed by atoms with Crippen LogP contribution in [0.4, 0.5) is 0 Å². The van der Waals surface area contributed by atoms with Crippen LogP contribution >= 0.6 is 0 Å². The summed E-state index contributed by atoms with van der Waals surface area (Å²) in [5.74, 6) is -0.895. The second-order valence-corrected chi connectivity index (χ2v) is 3.15. The molecule has 0 saturated carbocycles. The third kappa shape index (κ3) is 7.53. The van der Waals surface area contributed by atoms with Gasteiger partial charge in [0.2, 0.25) is 0 Å². The number of carbonyl (C=O) groups excluding carboxylic acids is 2. The Kier molecular flexibility index (Phi) is 13.8. The van der Waals surface area contributed by atoms with E-state index in [0.29, 0.717) is 5.56 Å². The van der Waals surface area contributed by atoms with Crippen molar-refractivity contribution in [3.8, 4) is 0 Å². The monoisotopic (exact) mass is 282 g/mol. The Labute approximate surface area is 121 Å². The molecule has 0 aromatic heterocycles. The molecule has 0 aliphatic heterocycles. The normalized spacial score (nSPS) is 9.90. The summed E-state index contributed by atoms with van der Waals surface area (Å²) >= 11 is 0. The van der Waals surface area contributed by atoms with Gasteiger partial charge in [0.05, 0.1) is 7.11 Å². The number of amides is 1. The second-order valence-electron chi connectivity index (χ2n) is 3.15. The Hall–Kier alpha value is -1.88. The van der Waals surface area contributed by atoms with Gasteiger partial charge < -0.3 is 15.8 Å². The first-order valence-electron chi connectivity index (χ1n) is 6.83. The number of methoxy groups -OCH3 is 1. The summed E-state index contributed by atoms with van der Waals surface area (Å²) in [4.78, 5) is 22.9. The van der Waals surface area contributed by atoms with Crippen molar-refractivity contribution in [1.29, 1.82) is 0 Å². The Morgan fingerprint density at radius 3 is 2.05 bits per heavy atom. The topological polar surface area (TPSA) is 81.4 Å². The Morgan fingerprint density at radius 2 is 1.65 bits per heavy atom. The maximum Gasteiger partial charge on any atom is 0.329 e. The van der Waals surface area contributed by atoms with Gasteiger partial charge in [0.25, 0.3) is 5.91 Å². The van der Waals surface area contributed by atoms with Crippen LogP contribution in [0.3, 0.4) is 0 Å². The van der Waals surface area contributed by atoms with E-state index in [-0.39, 0.29) is 12.5 Å². The highest BCUT2D eigenvalue weighted by atomic mass is 16.5. The fourth-order valence-electron chi connectivity index (χ4n) is 1.19. The number of carbonyl (C=O) groups is 2. The van der Waals surface area contributed by atoms with Gasteiger partial charge in [-0.3, -0.25) is 4.79 Å². The summed E-state index contributed by atoms with van der Waals surface area (Å²) in [5.41, 5.74) is 5.84. The molecular weight excluding hydrogens is 256 g/mol. The number of rotatable bonds is 4. The summed E-state index contributed by atoms with van der Waals surface area (Å²) in [6.45, 7) is 8.01. The van der Waals surface area contributed by atoms with Gasteiger partial charge in [0.15, 0.2) is 0 Å². The number of esters is 1. The smallest absolute Gasteiger partial charge is 0.329 e. The summed E-state index contributed by atoms with van der Waals surface area (Å²) in [6, 6.07) is 7.78. The van der Waals surface area contributed by atoms with Gasteiger partial charge in [-0.05, 0) is 12.1 Å². The van der Waals surface area contributed by atoms with Crippen LogP contribution in [0.15, 0.2) is 30.3 Å². The molecule has 0 aliphatic rings. The molecule has 0 fully saturated rings. The second kappa shape index (κ2) is 13.5. The first-order valence-corrected chi connectivity index (χ1v) is 6.83. The van der Waals surface area contributed by atoms with Gasteiger partial charge in [-0.1, -0.05) is 45.9 Å². The van der Waals surface area contributed by atoms with Crippen LogP contribution in [-0.4, -0.2) is 31.6 Å². The first-order chi connectivity index (χ1) is 9.69. The minimum atomic E-state index is -0.808. The van der Waals surface area contributed by atoms with Crippen LogP contribution in [0.25, 0.3) is 0 Å². The lowest BCUT2D eigenvalue weighted by Crippen LogP contribution is -2.46. The average Bonchev–Trinajstić information content (AvgIpc) is 2.56. The molecule has 1 atom stereocenters. The summed E-state index contributed by atoms with van der Waals surface area (Å²) in [6.07, 6.45) is 0. The Bertz CT molecular complexity index is 367. The van der Waals surface area contributed by atoms with Gasteiger partial charge in [0.1, 0.15) is 6.04 Å². The molecule has 114 valence electrons. The zero-order valence-corrected chi connectivity index (χ0v) is 13.0. The molecule has 0 bridgehead atoms. The molecule has 1 rings (SSSR count). The lowest BCUT2D eigenvalue weighted by atomic mass is 10.2. The van der Waals surface area contributed by atoms with Gasteiger partial charge >= 0.3 is 5.97 Å². The molecule has 0 aliphatic carbocycles. The predicted molar refractivity (Wildman–Crippen MR) is 81.5 cm³/mol. The van der Waals surface area contributed by atoms with Crippen LogP contribution in [0.1, 0.15) is 38.1 Å². The van der Waals surface area contributed by atoms with Gasteiger partial charge in [-0.15, -0.1) is 0 Å². The van der Waals surface area contributed by atoms with E-state index in [1.54, 1.807) is 30.3 Å². The highest BCUT2D eigenvalue weighted by Crippen LogP contribution is 1.99. The molecule has 0 spiro atoms. The third-order valence-corrected chi connectivity index (χ3v) is 2.06. The van der Waals surface area contributed by atoms with E-state index in [2.05, 4.69) is 10.1 Å². The largest absolute Gasteiger partial charge is 0.467 e. The van der Waals surface area contributed by atoms with Crippen LogP contribution in [0.5, 0.6) is 0 Å². The van der Waals surface area contributed by atoms with E-state index < -0.39 is 12.0 Å². The van der Waals surface area contributed by atoms with E-state index >= 15 is 0 Å². The zero-order valence-electron chi connectivity index (χ0n) is 13.0. The first kappa shape index (κ1) is 20.4. The molecule has 1 aromatic carbocycles. The standard InChI is InChI=1S/C11H14N2O3.2C2H6/c1-16-11(15)9(7-12)13-10(14)8-5-3-2-4-6-8;2*1-2/h2-6,9H,7,12H2,1H3,(H,13,14);2*1-2H3/t9-;;/m0../s1. The maximum atomic E-state index is 11.7. The molecule has 0 saturated heterocycles. The molecule has 3 N–H and O–H groups in total. The fourth-order valence-corrected chi connectivity index (χ4v) is 1.19. The lowest BCUT2D eigenvalue weighted by Gasteiger charge is -2.14. The molecule has 5 nitrogen and oxygen atoms in total. The number of ether oxygens (including phenoxy) is 1. The lowest BCUT2D eigenvalue weighted by molar-refractivity contribution is -0.142. The minimum absolute atomic E-state index is 0.00521. The summed E-state index contributed by atoms with van der Waals surface area (Å²) in [7, 11) is 1.25. The average molecular weight is 282 g/mol. The molecule has 1 amide bonds. The van der Waals surface area contributed by atoms with E-state index in [0.717, 1.165) is 0 Å². The molecule has 5 heteroatoms. The van der Waals surface area contributed by atoms with Crippen molar-refractivity contribution >= 4 is 11.9 Å². The van der Waals surface area contributed by atoms with E-state index in [1.165, 1.54) is 7.11 Å².